The standard InChI is InChI=1S/C24H18FN3OS/c1-29-21-4-2-3-20(10-21)28-13-22-23(14-30-24(22)27-15-28)17-7-5-16(6-8-17)18-9-19(25)12-26-11-18/h2-14H,15H2,1H3. The molecule has 0 unspecified atom stereocenters. The van der Waals surface area contributed by atoms with Gasteiger partial charge in [-0.1, -0.05) is 30.3 Å². The number of methoxy groups -OCH3 is 1. The SMILES string of the molecule is COc1cccc(N2C=c3c(-c4ccc(-c5cncc(F)c5)cc4)csc3=NC2)c1. The Balaban J connectivity index is 1.51. The Morgan fingerprint density at radius 2 is 1.83 bits per heavy atom. The third kappa shape index (κ3) is 3.46. The predicted octanol–water partition coefficient (Wildman–Crippen LogP) is 4.46. The Kier molecular flexibility index (Phi) is 4.77. The van der Waals surface area contributed by atoms with Crippen molar-refractivity contribution < 1.29 is 9.13 Å². The Labute approximate surface area is 177 Å². The number of rotatable bonds is 4. The van der Waals surface area contributed by atoms with Crippen LogP contribution in [0.2, 0.25) is 0 Å². The van der Waals surface area contributed by atoms with Crippen molar-refractivity contribution in [3.63, 3.8) is 0 Å². The molecule has 0 atom stereocenters. The van der Waals surface area contributed by atoms with Crippen molar-refractivity contribution in [2.45, 2.75) is 0 Å². The Hall–Kier alpha value is -3.51. The van der Waals surface area contributed by atoms with E-state index < -0.39 is 0 Å². The molecule has 0 radical (unpaired) electrons. The van der Waals surface area contributed by atoms with E-state index in [1.807, 2.05) is 36.4 Å². The van der Waals surface area contributed by atoms with Gasteiger partial charge in [0.1, 0.15) is 22.9 Å². The number of hydrogen-bond donors (Lipinski definition) is 0. The van der Waals surface area contributed by atoms with Gasteiger partial charge in [-0.05, 0) is 29.3 Å². The van der Waals surface area contributed by atoms with E-state index in [1.165, 1.54) is 12.3 Å². The smallest absolute Gasteiger partial charge is 0.142 e. The number of aromatic nitrogens is 1. The van der Waals surface area contributed by atoms with E-state index in [9.17, 15) is 4.39 Å². The van der Waals surface area contributed by atoms with Crippen molar-refractivity contribution in [2.75, 3.05) is 18.7 Å². The summed E-state index contributed by atoms with van der Waals surface area (Å²) in [6.45, 7) is 0.575. The molecule has 0 amide bonds. The lowest BCUT2D eigenvalue weighted by atomic mass is 10.0. The molecule has 1 aliphatic heterocycles. The van der Waals surface area contributed by atoms with Crippen molar-refractivity contribution in [2.24, 2.45) is 4.99 Å². The molecule has 0 saturated carbocycles. The number of halogens is 1. The number of benzene rings is 2. The van der Waals surface area contributed by atoms with Crippen molar-refractivity contribution in [1.82, 2.24) is 4.98 Å². The summed E-state index contributed by atoms with van der Waals surface area (Å²) in [6, 6.07) is 17.6. The third-order valence-electron chi connectivity index (χ3n) is 5.08. The maximum atomic E-state index is 13.5. The van der Waals surface area contributed by atoms with Gasteiger partial charge in [0, 0.05) is 45.9 Å². The fourth-order valence-electron chi connectivity index (χ4n) is 3.52. The summed E-state index contributed by atoms with van der Waals surface area (Å²) in [7, 11) is 1.67. The molecule has 30 heavy (non-hydrogen) atoms. The molecule has 6 heteroatoms. The van der Waals surface area contributed by atoms with E-state index in [2.05, 4.69) is 33.6 Å². The maximum absolute atomic E-state index is 13.5. The molecule has 0 aliphatic carbocycles. The highest BCUT2D eigenvalue weighted by atomic mass is 32.1. The van der Waals surface area contributed by atoms with Gasteiger partial charge in [0.15, 0.2) is 0 Å². The molecule has 5 rings (SSSR count). The summed E-state index contributed by atoms with van der Waals surface area (Å²) >= 11 is 1.65. The van der Waals surface area contributed by atoms with Gasteiger partial charge in [-0.25, -0.2) is 4.39 Å². The Bertz CT molecular complexity index is 1330. The third-order valence-corrected chi connectivity index (χ3v) is 6.01. The lowest BCUT2D eigenvalue weighted by Gasteiger charge is -2.20. The Morgan fingerprint density at radius 3 is 2.63 bits per heavy atom. The highest BCUT2D eigenvalue weighted by molar-refractivity contribution is 7.07. The zero-order valence-electron chi connectivity index (χ0n) is 16.2. The molecule has 0 N–H and O–H groups in total. The molecule has 3 heterocycles. The highest BCUT2D eigenvalue weighted by Gasteiger charge is 2.12. The van der Waals surface area contributed by atoms with E-state index in [0.717, 1.165) is 43.6 Å². The first-order valence-corrected chi connectivity index (χ1v) is 10.3. The zero-order valence-corrected chi connectivity index (χ0v) is 17.1. The van der Waals surface area contributed by atoms with Crippen LogP contribution in [0.3, 0.4) is 0 Å². The molecule has 2 aromatic carbocycles. The van der Waals surface area contributed by atoms with Gasteiger partial charge < -0.3 is 9.64 Å². The normalized spacial score (nSPS) is 12.7. The van der Waals surface area contributed by atoms with Crippen LogP contribution in [0.4, 0.5) is 10.1 Å². The van der Waals surface area contributed by atoms with Gasteiger partial charge in [0.05, 0.1) is 13.3 Å². The minimum Gasteiger partial charge on any atom is -0.497 e. The van der Waals surface area contributed by atoms with Crippen LogP contribution in [-0.4, -0.2) is 18.8 Å². The van der Waals surface area contributed by atoms with E-state index >= 15 is 0 Å². The number of fused-ring (bicyclic) bond motifs is 1. The molecule has 148 valence electrons. The molecular formula is C24H18FN3OS. The second-order valence-corrected chi connectivity index (χ2v) is 7.80. The molecular weight excluding hydrogens is 397 g/mol. The highest BCUT2D eigenvalue weighted by Crippen LogP contribution is 2.25. The van der Waals surface area contributed by atoms with Crippen LogP contribution in [0, 0.1) is 5.82 Å². The summed E-state index contributed by atoms with van der Waals surface area (Å²) in [4.78, 5) is 10.8. The van der Waals surface area contributed by atoms with Crippen LogP contribution < -0.4 is 19.5 Å². The first-order valence-electron chi connectivity index (χ1n) is 9.47. The summed E-state index contributed by atoms with van der Waals surface area (Å²) < 4.78 is 19.9. The first-order chi connectivity index (χ1) is 14.7. The van der Waals surface area contributed by atoms with Crippen LogP contribution >= 0.6 is 11.3 Å². The second kappa shape index (κ2) is 7.72. The molecule has 0 spiro atoms. The molecule has 2 aromatic heterocycles. The van der Waals surface area contributed by atoms with Crippen LogP contribution in [0.1, 0.15) is 0 Å². The van der Waals surface area contributed by atoms with E-state index in [1.54, 1.807) is 24.6 Å². The summed E-state index contributed by atoms with van der Waals surface area (Å²) in [5.74, 6) is 0.483. The van der Waals surface area contributed by atoms with Crippen LogP contribution in [-0.2, 0) is 0 Å². The summed E-state index contributed by atoms with van der Waals surface area (Å²) in [5, 5.41) is 3.24. The summed E-state index contributed by atoms with van der Waals surface area (Å²) in [5.41, 5.74) is 4.96. The molecule has 4 nitrogen and oxygen atoms in total. The number of ether oxygens (including phenoxy) is 1. The quantitative estimate of drug-likeness (QED) is 0.494. The first kappa shape index (κ1) is 18.5. The van der Waals surface area contributed by atoms with E-state index in [0.29, 0.717) is 6.67 Å². The molecule has 4 aromatic rings. The van der Waals surface area contributed by atoms with Crippen molar-refractivity contribution in [3.05, 3.63) is 88.1 Å². The fourth-order valence-corrected chi connectivity index (χ4v) is 4.44. The second-order valence-electron chi connectivity index (χ2n) is 6.94. The van der Waals surface area contributed by atoms with Crippen molar-refractivity contribution in [3.8, 4) is 28.0 Å². The number of anilines is 1. The average molecular weight is 415 g/mol. The van der Waals surface area contributed by atoms with Gasteiger partial charge >= 0.3 is 0 Å². The molecule has 0 fully saturated rings. The van der Waals surface area contributed by atoms with E-state index in [4.69, 9.17) is 9.73 Å². The predicted molar refractivity (Wildman–Crippen MR) is 119 cm³/mol. The fraction of sp³-hybridized carbons (Fsp3) is 0.0833. The largest absolute Gasteiger partial charge is 0.497 e. The van der Waals surface area contributed by atoms with Crippen LogP contribution in [0.15, 0.2) is 77.4 Å². The van der Waals surface area contributed by atoms with Crippen LogP contribution in [0.25, 0.3) is 28.5 Å². The maximum Gasteiger partial charge on any atom is 0.142 e. The van der Waals surface area contributed by atoms with Gasteiger partial charge in [-0.2, -0.15) is 0 Å². The minimum absolute atomic E-state index is 0.336. The van der Waals surface area contributed by atoms with Crippen LogP contribution in [0.5, 0.6) is 5.75 Å². The topological polar surface area (TPSA) is 37.7 Å². The number of thiophene rings is 1. The Morgan fingerprint density at radius 1 is 1.00 bits per heavy atom. The molecule has 1 aliphatic rings. The van der Waals surface area contributed by atoms with Gasteiger partial charge in [-0.3, -0.25) is 9.98 Å². The average Bonchev–Trinajstić information content (AvgIpc) is 3.22. The van der Waals surface area contributed by atoms with Crippen molar-refractivity contribution >= 4 is 23.2 Å². The molecule has 0 bridgehead atoms. The number of hydrogen-bond acceptors (Lipinski definition) is 5. The van der Waals surface area contributed by atoms with Gasteiger partial charge in [0.25, 0.3) is 0 Å². The lowest BCUT2D eigenvalue weighted by molar-refractivity contribution is 0.415. The van der Waals surface area contributed by atoms with Gasteiger partial charge in [-0.15, -0.1) is 11.3 Å². The number of nitrogens with zero attached hydrogens (tertiary/aromatic N) is 3. The zero-order chi connectivity index (χ0) is 20.5. The molecule has 0 saturated heterocycles. The monoisotopic (exact) mass is 415 g/mol. The lowest BCUT2D eigenvalue weighted by Crippen LogP contribution is -2.33. The van der Waals surface area contributed by atoms with Gasteiger partial charge in [0.2, 0.25) is 0 Å². The summed E-state index contributed by atoms with van der Waals surface area (Å²) in [6.07, 6.45) is 5.03. The minimum atomic E-state index is -0.336. The van der Waals surface area contributed by atoms with E-state index in [-0.39, 0.29) is 5.82 Å². The van der Waals surface area contributed by atoms with Crippen molar-refractivity contribution in [1.29, 1.82) is 0 Å². The number of pyridine rings is 1.